The fourth-order valence-corrected chi connectivity index (χ4v) is 6.90. The van der Waals surface area contributed by atoms with E-state index in [4.69, 9.17) is 10.5 Å². The number of aliphatic imine (C=N–C) groups is 1. The summed E-state index contributed by atoms with van der Waals surface area (Å²) in [6.07, 6.45) is 6.91. The van der Waals surface area contributed by atoms with Crippen molar-refractivity contribution in [3.63, 3.8) is 0 Å². The zero-order valence-corrected chi connectivity index (χ0v) is 24.1. The highest BCUT2D eigenvalue weighted by Gasteiger charge is 2.46. The molecule has 0 aromatic heterocycles. The Morgan fingerprint density at radius 2 is 1.76 bits per heavy atom. The molecule has 10 nitrogen and oxygen atoms in total. The molecule has 1 spiro atoms. The van der Waals surface area contributed by atoms with Gasteiger partial charge in [-0.15, -0.1) is 0 Å². The number of unbranched alkanes of at least 4 members (excludes halogenated alkanes) is 4. The number of aliphatic hydroxyl groups is 1. The third-order valence-electron chi connectivity index (χ3n) is 7.94. The molecule has 4 N–H and O–H groups in total. The lowest BCUT2D eigenvalue weighted by molar-refractivity contribution is 0.0579. The Kier molecular flexibility index (Phi) is 10.6. The number of rotatable bonds is 13. The molecule has 0 radical (unpaired) electrons. The largest absolute Gasteiger partial charge is 0.385 e. The second-order valence-corrected chi connectivity index (χ2v) is 12.8. The van der Waals surface area contributed by atoms with Crippen LogP contribution in [0.1, 0.15) is 68.1 Å². The number of primary amides is 1. The summed E-state index contributed by atoms with van der Waals surface area (Å²) in [6, 6.07) is 3.17. The van der Waals surface area contributed by atoms with Crippen LogP contribution >= 0.6 is 0 Å². The monoisotopic (exact) mass is 551 g/mol. The summed E-state index contributed by atoms with van der Waals surface area (Å²) >= 11 is 0. The minimum atomic E-state index is -3.47. The average molecular weight is 552 g/mol. The van der Waals surface area contributed by atoms with E-state index >= 15 is 0 Å². The highest BCUT2D eigenvalue weighted by atomic mass is 32.2. The molecular formula is C27H45N5O5S. The number of benzene rings is 1. The van der Waals surface area contributed by atoms with Gasteiger partial charge in [-0.05, 0) is 74.8 Å². The van der Waals surface area contributed by atoms with Gasteiger partial charge in [0.25, 0.3) is 0 Å². The van der Waals surface area contributed by atoms with Crippen LogP contribution < -0.4 is 16.0 Å². The second kappa shape index (κ2) is 13.2. The maximum atomic E-state index is 13.2. The van der Waals surface area contributed by atoms with Crippen molar-refractivity contribution in [3.8, 4) is 0 Å². The van der Waals surface area contributed by atoms with Crippen molar-refractivity contribution >= 4 is 27.6 Å². The lowest BCUT2D eigenvalue weighted by Crippen LogP contribution is -2.58. The molecule has 1 atom stereocenters. The topological polar surface area (TPSA) is 138 Å². The molecule has 11 heteroatoms. The van der Waals surface area contributed by atoms with Crippen LogP contribution in [0.4, 0.5) is 10.5 Å². The van der Waals surface area contributed by atoms with Crippen molar-refractivity contribution in [2.75, 3.05) is 44.5 Å². The van der Waals surface area contributed by atoms with Gasteiger partial charge in [-0.1, -0.05) is 19.3 Å². The fraction of sp³-hybridized carbons (Fsp3) is 0.704. The van der Waals surface area contributed by atoms with Crippen LogP contribution in [-0.2, 0) is 21.2 Å². The summed E-state index contributed by atoms with van der Waals surface area (Å²) in [7, 11) is -0.132. The molecule has 1 aromatic rings. The quantitative estimate of drug-likeness (QED) is 0.322. The van der Waals surface area contributed by atoms with Gasteiger partial charge < -0.3 is 20.9 Å². The number of methoxy groups -OCH3 is 1. The maximum absolute atomic E-state index is 13.2. The number of aliphatic hydroxyl groups excluding tert-OH is 1. The van der Waals surface area contributed by atoms with Gasteiger partial charge >= 0.3 is 6.03 Å². The Morgan fingerprint density at radius 3 is 2.37 bits per heavy atom. The molecule has 1 aromatic carbocycles. The van der Waals surface area contributed by atoms with Gasteiger partial charge in [0.15, 0.2) is 6.23 Å². The van der Waals surface area contributed by atoms with E-state index in [1.54, 1.807) is 18.5 Å². The molecule has 0 aliphatic carbocycles. The number of nitrogens with one attached hydrogen (secondary N) is 1. The van der Waals surface area contributed by atoms with Crippen LogP contribution in [0.2, 0.25) is 0 Å². The van der Waals surface area contributed by atoms with Crippen molar-refractivity contribution in [1.29, 1.82) is 0 Å². The predicted octanol–water partition coefficient (Wildman–Crippen LogP) is 2.83. The lowest BCUT2D eigenvalue weighted by Gasteiger charge is -2.40. The van der Waals surface area contributed by atoms with Crippen LogP contribution in [0.15, 0.2) is 17.1 Å². The number of nitrogens with two attached hydrogens (primary N) is 1. The van der Waals surface area contributed by atoms with E-state index in [1.807, 2.05) is 26.0 Å². The van der Waals surface area contributed by atoms with Crippen LogP contribution in [0.25, 0.3) is 0 Å². The number of nitrogens with zero attached hydrogens (tertiary/aromatic N) is 3. The van der Waals surface area contributed by atoms with E-state index in [2.05, 4.69) is 10.3 Å². The van der Waals surface area contributed by atoms with Crippen molar-refractivity contribution in [3.05, 3.63) is 28.8 Å². The Hall–Kier alpha value is -2.21. The van der Waals surface area contributed by atoms with Crippen molar-refractivity contribution < 1.29 is 23.1 Å². The number of amides is 2. The Morgan fingerprint density at radius 1 is 1.16 bits per heavy atom. The molecule has 2 heterocycles. The highest BCUT2D eigenvalue weighted by Crippen LogP contribution is 2.32. The standard InChI is InChI=1S/C27H45N5O5S/c1-20-18-22(31(3)26(28)34)19-21(2)23(20)11-17-38(35,36)32-14-12-27(13-15-32)25(33)29-24(30-27)10-8-6-5-7-9-16-37-4/h18-19,25,33H,5-17H2,1-4H3,(H2,28,34)(H,29,30). The van der Waals surface area contributed by atoms with Gasteiger partial charge in [-0.3, -0.25) is 4.90 Å². The average Bonchev–Trinajstić information content (AvgIpc) is 3.16. The van der Waals surface area contributed by atoms with Crippen molar-refractivity contribution in [1.82, 2.24) is 9.62 Å². The summed E-state index contributed by atoms with van der Waals surface area (Å²) in [5.41, 5.74) is 8.32. The lowest BCUT2D eigenvalue weighted by atomic mass is 9.87. The first kappa shape index (κ1) is 30.3. The molecule has 2 aliphatic rings. The maximum Gasteiger partial charge on any atom is 0.318 e. The number of hydrogen-bond acceptors (Lipinski definition) is 7. The molecule has 2 amide bonds. The van der Waals surface area contributed by atoms with E-state index in [9.17, 15) is 18.3 Å². The molecule has 0 bridgehead atoms. The zero-order chi connectivity index (χ0) is 27.9. The summed E-state index contributed by atoms with van der Waals surface area (Å²) in [4.78, 5) is 17.3. The van der Waals surface area contributed by atoms with Crippen LogP contribution in [0.3, 0.4) is 0 Å². The number of piperidine rings is 1. The number of ether oxygens (including phenoxy) is 1. The van der Waals surface area contributed by atoms with Gasteiger partial charge in [0.05, 0.1) is 11.3 Å². The Balaban J connectivity index is 1.49. The van der Waals surface area contributed by atoms with E-state index in [1.165, 1.54) is 4.90 Å². The predicted molar refractivity (Wildman–Crippen MR) is 151 cm³/mol. The first-order valence-corrected chi connectivity index (χ1v) is 15.2. The number of urea groups is 1. The third kappa shape index (κ3) is 7.46. The fourth-order valence-electron chi connectivity index (χ4n) is 5.44. The number of hydrogen-bond donors (Lipinski definition) is 3. The Labute approximate surface area is 227 Å². The molecule has 1 unspecified atom stereocenters. The van der Waals surface area contributed by atoms with Crippen molar-refractivity contribution in [2.45, 2.75) is 83.4 Å². The van der Waals surface area contributed by atoms with Crippen molar-refractivity contribution in [2.24, 2.45) is 10.7 Å². The molecular weight excluding hydrogens is 506 g/mol. The molecule has 1 fully saturated rings. The summed E-state index contributed by atoms with van der Waals surface area (Å²) in [5.74, 6) is 0.844. The molecule has 1 saturated heterocycles. The first-order chi connectivity index (χ1) is 18.0. The number of carbonyl (C=O) groups excluding carboxylic acids is 1. The normalized spacial score (nSPS) is 19.4. The number of carbonyl (C=O) groups is 1. The summed E-state index contributed by atoms with van der Waals surface area (Å²) in [6.45, 7) is 5.36. The Bertz CT molecular complexity index is 1080. The van der Waals surface area contributed by atoms with Crippen LogP contribution in [0, 0.1) is 13.8 Å². The smallest absolute Gasteiger partial charge is 0.318 e. The van der Waals surface area contributed by atoms with E-state index in [-0.39, 0.29) is 5.75 Å². The minimum Gasteiger partial charge on any atom is -0.385 e. The van der Waals surface area contributed by atoms with E-state index < -0.39 is 27.8 Å². The highest BCUT2D eigenvalue weighted by molar-refractivity contribution is 7.89. The SMILES string of the molecule is COCCCCCCCC1=NC(O)C2(CCN(S(=O)(=O)CCc3c(C)cc(N(C)C(N)=O)cc3C)CC2)N1. The van der Waals surface area contributed by atoms with Gasteiger partial charge in [-0.2, -0.15) is 0 Å². The molecule has 214 valence electrons. The second-order valence-electron chi connectivity index (χ2n) is 10.7. The van der Waals surface area contributed by atoms with E-state index in [0.717, 1.165) is 67.7 Å². The number of anilines is 1. The molecule has 38 heavy (non-hydrogen) atoms. The number of amidine groups is 1. The van der Waals surface area contributed by atoms with E-state index in [0.29, 0.717) is 38.0 Å². The van der Waals surface area contributed by atoms with Gasteiger partial charge in [0.1, 0.15) is 5.84 Å². The minimum absolute atomic E-state index is 0.00873. The molecule has 2 aliphatic heterocycles. The molecule has 3 rings (SSSR count). The number of sulfonamides is 1. The third-order valence-corrected chi connectivity index (χ3v) is 9.82. The summed E-state index contributed by atoms with van der Waals surface area (Å²) < 4.78 is 33.0. The molecule has 0 saturated carbocycles. The van der Waals surface area contributed by atoms with Crippen LogP contribution in [0.5, 0.6) is 0 Å². The van der Waals surface area contributed by atoms with Gasteiger partial charge in [0.2, 0.25) is 10.0 Å². The summed E-state index contributed by atoms with van der Waals surface area (Å²) in [5, 5.41) is 14.2. The first-order valence-electron chi connectivity index (χ1n) is 13.6. The zero-order valence-electron chi connectivity index (χ0n) is 23.3. The van der Waals surface area contributed by atoms with Gasteiger partial charge in [0, 0.05) is 46.0 Å². The van der Waals surface area contributed by atoms with Gasteiger partial charge in [-0.25, -0.2) is 22.5 Å². The number of aryl methyl sites for hydroxylation is 2. The van der Waals surface area contributed by atoms with Crippen LogP contribution in [-0.4, -0.2) is 81.1 Å².